The van der Waals surface area contributed by atoms with Crippen molar-refractivity contribution >= 4 is 27.2 Å². The molecule has 8 nitrogen and oxygen atoms in total. The van der Waals surface area contributed by atoms with Crippen LogP contribution in [0.1, 0.15) is 17.5 Å². The molecule has 1 saturated heterocycles. The zero-order valence-corrected chi connectivity index (χ0v) is 19.9. The number of piperidine rings is 1. The Labute approximate surface area is 200 Å². The summed E-state index contributed by atoms with van der Waals surface area (Å²) in [5.74, 6) is 1.37. The van der Waals surface area contributed by atoms with Crippen molar-refractivity contribution in [2.75, 3.05) is 36.1 Å². The monoisotopic (exact) mass is 479 g/mol. The molecule has 3 aromatic rings. The molecule has 9 heteroatoms. The van der Waals surface area contributed by atoms with E-state index in [0.29, 0.717) is 12.4 Å². The zero-order chi connectivity index (χ0) is 23.7. The highest BCUT2D eigenvalue weighted by atomic mass is 32.2. The maximum Gasteiger partial charge on any atom is 0.175 e. The molecule has 1 aromatic heterocycles. The van der Waals surface area contributed by atoms with Gasteiger partial charge in [0.25, 0.3) is 0 Å². The molecule has 0 bridgehead atoms. The average molecular weight is 480 g/mol. The number of β-amino-alcohol motifs (C(OH)–C–C–N with tert-alkyl or cyclic N) is 1. The Hall–Kier alpha value is -3.01. The summed E-state index contributed by atoms with van der Waals surface area (Å²) in [7, 11) is -3.23. The largest absolute Gasteiger partial charge is 0.390 e. The number of aromatic nitrogens is 2. The number of benzene rings is 2. The van der Waals surface area contributed by atoms with Gasteiger partial charge in [-0.25, -0.2) is 18.4 Å². The lowest BCUT2D eigenvalue weighted by molar-refractivity contribution is 0.0293. The first-order valence-electron chi connectivity index (χ1n) is 11.5. The number of sulfone groups is 1. The van der Waals surface area contributed by atoms with Gasteiger partial charge in [-0.15, -0.1) is 0 Å². The summed E-state index contributed by atoms with van der Waals surface area (Å²) in [6.07, 6.45) is 4.11. The Morgan fingerprint density at radius 1 is 1.03 bits per heavy atom. The molecule has 2 aliphatic rings. The third kappa shape index (κ3) is 4.91. The number of nitrogens with one attached hydrogen (secondary N) is 1. The molecule has 2 atom stereocenters. The molecular weight excluding hydrogens is 450 g/mol. The first-order chi connectivity index (χ1) is 16.4. The van der Waals surface area contributed by atoms with Gasteiger partial charge in [-0.1, -0.05) is 24.3 Å². The van der Waals surface area contributed by atoms with E-state index in [2.05, 4.69) is 49.4 Å². The number of fused-ring (bicyclic) bond motifs is 1. The fourth-order valence-electron chi connectivity index (χ4n) is 4.88. The van der Waals surface area contributed by atoms with Crippen molar-refractivity contribution in [3.8, 4) is 0 Å². The molecule has 3 heterocycles. The summed E-state index contributed by atoms with van der Waals surface area (Å²) >= 11 is 0. The lowest BCUT2D eigenvalue weighted by Crippen LogP contribution is -2.55. The van der Waals surface area contributed by atoms with Crippen LogP contribution >= 0.6 is 0 Å². The van der Waals surface area contributed by atoms with Gasteiger partial charge in [0.05, 0.1) is 11.0 Å². The van der Waals surface area contributed by atoms with Crippen LogP contribution < -0.4 is 10.2 Å². The highest BCUT2D eigenvalue weighted by molar-refractivity contribution is 7.90. The third-order valence-corrected chi connectivity index (χ3v) is 7.84. The van der Waals surface area contributed by atoms with Crippen LogP contribution in [0.25, 0.3) is 0 Å². The number of hydrogen-bond acceptors (Lipinski definition) is 8. The predicted octanol–water partition coefficient (Wildman–Crippen LogP) is 2.62. The molecule has 0 aliphatic carbocycles. The van der Waals surface area contributed by atoms with Crippen LogP contribution in [-0.2, 0) is 22.8 Å². The first kappa shape index (κ1) is 22.8. The van der Waals surface area contributed by atoms with Crippen molar-refractivity contribution < 1.29 is 13.5 Å². The van der Waals surface area contributed by atoms with Gasteiger partial charge in [-0.05, 0) is 48.2 Å². The lowest BCUT2D eigenvalue weighted by atomic mass is 9.94. The number of aliphatic hydroxyl groups is 1. The van der Waals surface area contributed by atoms with Crippen LogP contribution in [0.5, 0.6) is 0 Å². The van der Waals surface area contributed by atoms with Gasteiger partial charge < -0.3 is 15.3 Å². The van der Waals surface area contributed by atoms with E-state index in [1.54, 1.807) is 24.3 Å². The maximum atomic E-state index is 11.7. The molecule has 178 valence electrons. The molecule has 0 unspecified atom stereocenters. The Morgan fingerprint density at radius 3 is 2.53 bits per heavy atom. The summed E-state index contributed by atoms with van der Waals surface area (Å²) < 4.78 is 23.3. The number of aliphatic hydroxyl groups excluding tert-OH is 1. The SMILES string of the molecule is CS(=O)(=O)c1ccc(Nc2cc(N3CC[C@@H](N4CCc5ccccc5C4)[C@H](O)C3)ncn2)cc1. The van der Waals surface area contributed by atoms with E-state index < -0.39 is 15.9 Å². The van der Waals surface area contributed by atoms with Gasteiger partial charge in [0, 0.05) is 50.2 Å². The molecule has 34 heavy (non-hydrogen) atoms. The minimum absolute atomic E-state index is 0.136. The van der Waals surface area contributed by atoms with Crippen LogP contribution in [0.2, 0.25) is 0 Å². The second kappa shape index (κ2) is 9.32. The highest BCUT2D eigenvalue weighted by Gasteiger charge is 2.34. The summed E-state index contributed by atoms with van der Waals surface area (Å²) in [5.41, 5.74) is 3.51. The van der Waals surface area contributed by atoms with Crippen molar-refractivity contribution in [1.29, 1.82) is 0 Å². The van der Waals surface area contributed by atoms with Gasteiger partial charge in [0.2, 0.25) is 0 Å². The maximum absolute atomic E-state index is 11.7. The van der Waals surface area contributed by atoms with Gasteiger partial charge in [-0.2, -0.15) is 0 Å². The Kier molecular flexibility index (Phi) is 6.24. The molecular formula is C25H29N5O3S. The predicted molar refractivity (Wildman–Crippen MR) is 132 cm³/mol. The molecule has 5 rings (SSSR count). The van der Waals surface area contributed by atoms with Gasteiger partial charge in [-0.3, -0.25) is 4.90 Å². The number of rotatable bonds is 5. The van der Waals surface area contributed by atoms with E-state index in [0.717, 1.165) is 44.0 Å². The second-order valence-corrected chi connectivity index (χ2v) is 11.1. The van der Waals surface area contributed by atoms with Gasteiger partial charge in [0.15, 0.2) is 9.84 Å². The van der Waals surface area contributed by atoms with E-state index in [9.17, 15) is 13.5 Å². The summed E-state index contributed by atoms with van der Waals surface area (Å²) in [4.78, 5) is 13.5. The van der Waals surface area contributed by atoms with Gasteiger partial charge >= 0.3 is 0 Å². The first-order valence-corrected chi connectivity index (χ1v) is 13.4. The molecule has 2 aromatic carbocycles. The van der Waals surface area contributed by atoms with Crippen LogP contribution in [0.15, 0.2) is 65.8 Å². The summed E-state index contributed by atoms with van der Waals surface area (Å²) in [5, 5.41) is 14.2. The van der Waals surface area contributed by atoms with Crippen molar-refractivity contribution in [1.82, 2.24) is 14.9 Å². The van der Waals surface area contributed by atoms with Crippen LogP contribution in [0.4, 0.5) is 17.3 Å². The molecule has 1 fully saturated rings. The quantitative estimate of drug-likeness (QED) is 0.576. The van der Waals surface area contributed by atoms with Crippen molar-refractivity contribution in [3.05, 3.63) is 72.1 Å². The van der Waals surface area contributed by atoms with E-state index in [1.165, 1.54) is 23.7 Å². The minimum atomic E-state index is -3.23. The fourth-order valence-corrected chi connectivity index (χ4v) is 5.51. The summed E-state index contributed by atoms with van der Waals surface area (Å²) in [6, 6.07) is 17.1. The Morgan fingerprint density at radius 2 is 1.79 bits per heavy atom. The fraction of sp³-hybridized carbons (Fsp3) is 0.360. The van der Waals surface area contributed by atoms with E-state index in [-0.39, 0.29) is 10.9 Å². The number of nitrogens with zero attached hydrogens (tertiary/aromatic N) is 4. The van der Waals surface area contributed by atoms with Crippen LogP contribution in [0.3, 0.4) is 0 Å². The molecule has 0 radical (unpaired) electrons. The lowest BCUT2D eigenvalue weighted by Gasteiger charge is -2.43. The average Bonchev–Trinajstić information content (AvgIpc) is 2.84. The highest BCUT2D eigenvalue weighted by Crippen LogP contribution is 2.28. The van der Waals surface area contributed by atoms with Crippen molar-refractivity contribution in [2.45, 2.75) is 36.4 Å². The van der Waals surface area contributed by atoms with E-state index >= 15 is 0 Å². The Bertz CT molecular complexity index is 1270. The molecule has 0 spiro atoms. The third-order valence-electron chi connectivity index (χ3n) is 6.71. The molecule has 2 N–H and O–H groups in total. The zero-order valence-electron chi connectivity index (χ0n) is 19.1. The van der Waals surface area contributed by atoms with E-state index in [4.69, 9.17) is 0 Å². The standard InChI is InChI=1S/C25H29N5O3S/c1-34(32,33)21-8-6-20(7-9-21)28-24-14-25(27-17-26-24)30-13-11-22(23(31)16-30)29-12-10-18-4-2-3-5-19(18)15-29/h2-9,14,17,22-23,31H,10-13,15-16H2,1H3,(H,26,27,28)/t22-,23-/m1/s1. The molecule has 0 saturated carbocycles. The van der Waals surface area contributed by atoms with Crippen LogP contribution in [0, 0.1) is 0 Å². The summed E-state index contributed by atoms with van der Waals surface area (Å²) in [6.45, 7) is 3.18. The minimum Gasteiger partial charge on any atom is -0.390 e. The number of hydrogen-bond donors (Lipinski definition) is 2. The normalized spacial score (nSPS) is 21.2. The smallest absolute Gasteiger partial charge is 0.175 e. The van der Waals surface area contributed by atoms with Crippen molar-refractivity contribution in [2.24, 2.45) is 0 Å². The van der Waals surface area contributed by atoms with Gasteiger partial charge in [0.1, 0.15) is 18.0 Å². The van der Waals surface area contributed by atoms with E-state index in [1.807, 2.05) is 6.07 Å². The molecule has 2 aliphatic heterocycles. The molecule has 0 amide bonds. The second-order valence-electron chi connectivity index (χ2n) is 9.04. The van der Waals surface area contributed by atoms with Crippen molar-refractivity contribution in [3.63, 3.8) is 0 Å². The van der Waals surface area contributed by atoms with Crippen LogP contribution in [-0.4, -0.2) is 66.4 Å². The topological polar surface area (TPSA) is 98.7 Å². The Balaban J connectivity index is 1.23. The number of anilines is 3.